The molecule has 0 saturated carbocycles. The van der Waals surface area contributed by atoms with Crippen LogP contribution in [-0.4, -0.2) is 37.2 Å². The molecule has 0 radical (unpaired) electrons. The third-order valence-electron chi connectivity index (χ3n) is 4.63. The third kappa shape index (κ3) is 1.43. The molecule has 4 rings (SSSR count). The molecule has 3 aliphatic rings. The summed E-state index contributed by atoms with van der Waals surface area (Å²) in [4.78, 5) is 1.48. The number of rotatable bonds is 1. The lowest BCUT2D eigenvalue weighted by Crippen LogP contribution is -2.69. The highest BCUT2D eigenvalue weighted by Gasteiger charge is 2.52. The van der Waals surface area contributed by atoms with Gasteiger partial charge in [0.15, 0.2) is 17.7 Å². The summed E-state index contributed by atoms with van der Waals surface area (Å²) in [5.41, 5.74) is 1.84. The minimum absolute atomic E-state index is 0.0950. The largest absolute Gasteiger partial charge is 0.493 e. The van der Waals surface area contributed by atoms with Crippen LogP contribution in [0.25, 0.3) is 0 Å². The Bertz CT molecular complexity index is 670. The second-order valence-corrected chi connectivity index (χ2v) is 5.66. The number of hydrogen-bond donors (Lipinski definition) is 2. The predicted octanol–water partition coefficient (Wildman–Crippen LogP) is -0.0820. The molecule has 1 spiro atoms. The van der Waals surface area contributed by atoms with Gasteiger partial charge < -0.3 is 14.6 Å². The maximum atomic E-state index is 9.93. The van der Waals surface area contributed by atoms with Crippen molar-refractivity contribution in [1.29, 1.82) is 0 Å². The van der Waals surface area contributed by atoms with E-state index in [2.05, 4.69) is 6.08 Å². The summed E-state index contributed by atoms with van der Waals surface area (Å²) in [6, 6.07) is 3.87. The smallest absolute Gasteiger partial charge is 0.445 e. The normalized spacial score (nSPS) is 34.3. The summed E-state index contributed by atoms with van der Waals surface area (Å²) < 4.78 is 19.6. The van der Waals surface area contributed by atoms with E-state index < -0.39 is 6.10 Å². The van der Waals surface area contributed by atoms with Crippen LogP contribution < -0.4 is 14.5 Å². The molecule has 3 unspecified atom stereocenters. The zero-order valence-electron chi connectivity index (χ0n) is 12.4. The molecule has 1 aromatic rings. The third-order valence-corrected chi connectivity index (χ3v) is 4.63. The van der Waals surface area contributed by atoms with Crippen LogP contribution in [0.4, 0.5) is 0 Å². The topological polar surface area (TPSA) is 52.7 Å². The quantitative estimate of drug-likeness (QED) is 0.704. The lowest BCUT2D eigenvalue weighted by molar-refractivity contribution is -0.452. The van der Waals surface area contributed by atoms with Gasteiger partial charge in [-0.1, -0.05) is 12.2 Å². The van der Waals surface area contributed by atoms with Crippen LogP contribution in [0.3, 0.4) is 0 Å². The molecular formula is C16H18NO3+. The van der Waals surface area contributed by atoms with Gasteiger partial charge in [0.2, 0.25) is 0 Å². The first-order valence-corrected chi connectivity index (χ1v) is 7.00. The fourth-order valence-electron chi connectivity index (χ4n) is 3.66. The van der Waals surface area contributed by atoms with Gasteiger partial charge in [0, 0.05) is 24.0 Å². The first-order chi connectivity index (χ1) is 10.1. The summed E-state index contributed by atoms with van der Waals surface area (Å²) in [7, 11) is 1.64. The van der Waals surface area contributed by atoms with Crippen LogP contribution in [0.15, 0.2) is 24.3 Å². The number of benzene rings is 1. The van der Waals surface area contributed by atoms with Gasteiger partial charge in [0.1, 0.15) is 12.6 Å². The maximum absolute atomic E-state index is 9.93. The Morgan fingerprint density at radius 2 is 2.45 bits per heavy atom. The summed E-state index contributed by atoms with van der Waals surface area (Å²) in [6.07, 6.45) is 6.59. The van der Waals surface area contributed by atoms with Gasteiger partial charge >= 0.3 is 1.41 Å². The van der Waals surface area contributed by atoms with E-state index >= 15 is 0 Å². The van der Waals surface area contributed by atoms with E-state index in [-0.39, 0.29) is 11.5 Å². The average Bonchev–Trinajstić information content (AvgIpc) is 2.72. The second-order valence-electron chi connectivity index (χ2n) is 5.66. The Labute approximate surface area is 119 Å². The standard InChI is InChI=1S/C16H17NO3/c1-19-12-3-2-10-9-17-7-6-16-5-4-11(18)8-13(16)20-15(12)14(10)16/h2-5,9,11,13,18H,6-8H2,1H3/p+1/i/hD. The monoisotopic (exact) mass is 273 g/mol. The van der Waals surface area contributed by atoms with E-state index in [0.717, 1.165) is 29.0 Å². The highest BCUT2D eigenvalue weighted by Crippen LogP contribution is 2.54. The molecular weight excluding hydrogens is 254 g/mol. The average molecular weight is 273 g/mol. The SMILES string of the molecule is [2H][N+]1=Cc2ccc(OC)c3c2C2(C=CC(O)CC2O3)CC1. The molecule has 2 aliphatic heterocycles. The van der Waals surface area contributed by atoms with Crippen LogP contribution in [0.1, 0.15) is 24.0 Å². The molecule has 4 heteroatoms. The van der Waals surface area contributed by atoms with Crippen LogP contribution >= 0.6 is 0 Å². The highest BCUT2D eigenvalue weighted by atomic mass is 16.5. The van der Waals surface area contributed by atoms with E-state index in [1.165, 1.54) is 4.99 Å². The van der Waals surface area contributed by atoms with Crippen molar-refractivity contribution in [2.45, 2.75) is 30.5 Å². The van der Waals surface area contributed by atoms with Gasteiger partial charge in [0.25, 0.3) is 0 Å². The van der Waals surface area contributed by atoms with Crippen LogP contribution in [0, 0.1) is 0 Å². The van der Waals surface area contributed by atoms with Crippen molar-refractivity contribution in [1.82, 2.24) is 0 Å². The Balaban J connectivity index is 1.99. The van der Waals surface area contributed by atoms with Gasteiger partial charge in [0.05, 0.1) is 18.6 Å². The zero-order valence-corrected chi connectivity index (χ0v) is 11.4. The number of hydrogen-bond acceptors (Lipinski definition) is 3. The summed E-state index contributed by atoms with van der Waals surface area (Å²) in [5.74, 6) is 1.49. The Morgan fingerprint density at radius 1 is 1.55 bits per heavy atom. The van der Waals surface area contributed by atoms with E-state index in [0.29, 0.717) is 13.0 Å². The molecule has 0 amide bonds. The van der Waals surface area contributed by atoms with Crippen molar-refractivity contribution in [3.8, 4) is 11.5 Å². The molecule has 2 heterocycles. The molecule has 1 aromatic carbocycles. The van der Waals surface area contributed by atoms with Gasteiger partial charge in [-0.05, 0) is 12.1 Å². The van der Waals surface area contributed by atoms with Gasteiger partial charge in [-0.2, -0.15) is 0 Å². The minimum atomic E-state index is -0.469. The Morgan fingerprint density at radius 3 is 3.30 bits per heavy atom. The zero-order chi connectivity index (χ0) is 14.6. The number of aliphatic hydroxyl groups is 1. The van der Waals surface area contributed by atoms with E-state index in [4.69, 9.17) is 10.9 Å². The first-order valence-electron chi connectivity index (χ1n) is 7.45. The molecule has 0 bridgehead atoms. The van der Waals surface area contributed by atoms with Crippen molar-refractivity contribution in [2.75, 3.05) is 13.7 Å². The molecule has 2 N–H and O–H groups in total. The molecule has 0 aromatic heterocycles. The number of ether oxygens (including phenoxy) is 2. The molecule has 104 valence electrons. The number of nitrogens with one attached hydrogen (secondary N) is 1. The van der Waals surface area contributed by atoms with Crippen LogP contribution in [0.2, 0.25) is 1.41 Å². The second kappa shape index (κ2) is 4.09. The molecule has 4 nitrogen and oxygen atoms in total. The maximum Gasteiger partial charge on any atom is 0.445 e. The summed E-state index contributed by atoms with van der Waals surface area (Å²) in [6.45, 7) is 0.636. The van der Waals surface area contributed by atoms with E-state index in [9.17, 15) is 5.11 Å². The van der Waals surface area contributed by atoms with E-state index in [1.807, 2.05) is 24.4 Å². The van der Waals surface area contributed by atoms with E-state index in [1.54, 1.807) is 7.11 Å². The van der Waals surface area contributed by atoms with Crippen molar-refractivity contribution in [3.63, 3.8) is 0 Å². The molecule has 3 atom stereocenters. The minimum Gasteiger partial charge on any atom is -0.493 e. The molecule has 1 aliphatic carbocycles. The fraction of sp³-hybridized carbons (Fsp3) is 0.438. The van der Waals surface area contributed by atoms with Crippen LogP contribution in [-0.2, 0) is 5.41 Å². The predicted molar refractivity (Wildman–Crippen MR) is 74.5 cm³/mol. The molecule has 0 saturated heterocycles. The number of methoxy groups -OCH3 is 1. The van der Waals surface area contributed by atoms with Gasteiger partial charge in [-0.25, -0.2) is 4.99 Å². The Hall–Kier alpha value is -1.81. The lowest BCUT2D eigenvalue weighted by atomic mass is 9.69. The van der Waals surface area contributed by atoms with Crippen molar-refractivity contribution in [2.24, 2.45) is 0 Å². The molecule has 0 fully saturated rings. The first kappa shape index (κ1) is 10.9. The summed E-state index contributed by atoms with van der Waals surface area (Å²) >= 11 is 0. The van der Waals surface area contributed by atoms with Gasteiger partial charge in [-0.3, -0.25) is 0 Å². The fourth-order valence-corrected chi connectivity index (χ4v) is 3.66. The molecule has 20 heavy (non-hydrogen) atoms. The lowest BCUT2D eigenvalue weighted by Gasteiger charge is -2.34. The van der Waals surface area contributed by atoms with Crippen molar-refractivity contribution >= 4 is 6.21 Å². The van der Waals surface area contributed by atoms with Crippen LogP contribution in [0.5, 0.6) is 11.5 Å². The summed E-state index contributed by atoms with van der Waals surface area (Å²) in [5, 5.41) is 9.93. The van der Waals surface area contributed by atoms with Crippen molar-refractivity contribution in [3.05, 3.63) is 35.4 Å². The van der Waals surface area contributed by atoms with Crippen molar-refractivity contribution < 1.29 is 21.0 Å². The Kier molecular flexibility index (Phi) is 2.23. The highest BCUT2D eigenvalue weighted by molar-refractivity contribution is 5.83. The van der Waals surface area contributed by atoms with Gasteiger partial charge in [-0.15, -0.1) is 0 Å². The number of aliphatic hydroxyl groups excluding tert-OH is 1.